The topological polar surface area (TPSA) is 29.9 Å². The number of aryl methyl sites for hydroxylation is 1. The summed E-state index contributed by atoms with van der Waals surface area (Å²) in [5, 5.41) is 4.11. The number of benzene rings is 1. The number of hydrogen-bond donors (Lipinski definition) is 1. The lowest BCUT2D eigenvalue weighted by Gasteiger charge is -2.07. The minimum absolute atomic E-state index is 0.781. The van der Waals surface area contributed by atoms with E-state index in [2.05, 4.69) is 33.9 Å². The molecule has 2 aromatic rings. The third-order valence-corrected chi connectivity index (χ3v) is 2.92. The van der Waals surface area contributed by atoms with Gasteiger partial charge in [-0.1, -0.05) is 23.7 Å². The Labute approximate surface area is 106 Å². The highest BCUT2D eigenvalue weighted by Gasteiger charge is 1.99. The maximum Gasteiger partial charge on any atom is 0.202 e. The molecule has 2 rings (SSSR count). The van der Waals surface area contributed by atoms with Crippen LogP contribution in [0.5, 0.6) is 0 Å². The normalized spacial score (nSPS) is 10.5. The van der Waals surface area contributed by atoms with Crippen molar-refractivity contribution in [2.75, 3.05) is 11.9 Å². The Bertz CT molecular complexity index is 462. The van der Waals surface area contributed by atoms with Crippen LogP contribution in [0.25, 0.3) is 0 Å². The van der Waals surface area contributed by atoms with Crippen molar-refractivity contribution in [3.05, 3.63) is 47.2 Å². The zero-order chi connectivity index (χ0) is 12.1. The van der Waals surface area contributed by atoms with Crippen molar-refractivity contribution in [2.45, 2.75) is 19.9 Å². The summed E-state index contributed by atoms with van der Waals surface area (Å²) in [6.07, 6.45) is 4.76. The summed E-state index contributed by atoms with van der Waals surface area (Å²) < 4.78 is 2.09. The van der Waals surface area contributed by atoms with Crippen LogP contribution in [0.3, 0.4) is 0 Å². The molecule has 1 N–H and O–H groups in total. The van der Waals surface area contributed by atoms with Gasteiger partial charge in [0.1, 0.15) is 0 Å². The summed E-state index contributed by atoms with van der Waals surface area (Å²) in [6.45, 7) is 3.91. The van der Waals surface area contributed by atoms with Gasteiger partial charge in [0.05, 0.1) is 0 Å². The fourth-order valence-electron chi connectivity index (χ4n) is 1.70. The molecule has 90 valence electrons. The van der Waals surface area contributed by atoms with Gasteiger partial charge in [-0.15, -0.1) is 0 Å². The first-order chi connectivity index (χ1) is 8.29. The van der Waals surface area contributed by atoms with Crippen LogP contribution in [0.15, 0.2) is 36.7 Å². The van der Waals surface area contributed by atoms with Gasteiger partial charge >= 0.3 is 0 Å². The van der Waals surface area contributed by atoms with Crippen LogP contribution < -0.4 is 5.32 Å². The monoisotopic (exact) mass is 249 g/mol. The van der Waals surface area contributed by atoms with Crippen molar-refractivity contribution in [1.29, 1.82) is 0 Å². The summed E-state index contributed by atoms with van der Waals surface area (Å²) in [6, 6.07) is 7.94. The van der Waals surface area contributed by atoms with Crippen molar-refractivity contribution < 1.29 is 0 Å². The molecule has 0 spiro atoms. The number of nitrogens with one attached hydrogen (secondary N) is 1. The first-order valence-corrected chi connectivity index (χ1v) is 6.17. The van der Waals surface area contributed by atoms with E-state index in [0.29, 0.717) is 0 Å². The quantitative estimate of drug-likeness (QED) is 0.882. The van der Waals surface area contributed by atoms with Crippen molar-refractivity contribution in [3.8, 4) is 0 Å². The smallest absolute Gasteiger partial charge is 0.202 e. The Balaban J connectivity index is 1.85. The van der Waals surface area contributed by atoms with Crippen LogP contribution in [0.4, 0.5) is 5.95 Å². The number of nitrogens with zero attached hydrogens (tertiary/aromatic N) is 2. The Morgan fingerprint density at radius 3 is 2.76 bits per heavy atom. The molecule has 3 nitrogen and oxygen atoms in total. The Morgan fingerprint density at radius 1 is 1.29 bits per heavy atom. The van der Waals surface area contributed by atoms with Crippen molar-refractivity contribution >= 4 is 17.5 Å². The van der Waals surface area contributed by atoms with Gasteiger partial charge in [0.25, 0.3) is 0 Å². The van der Waals surface area contributed by atoms with Crippen LogP contribution in [-0.4, -0.2) is 16.1 Å². The van der Waals surface area contributed by atoms with Gasteiger partial charge in [-0.2, -0.15) is 0 Å². The molecule has 0 aliphatic heterocycles. The van der Waals surface area contributed by atoms with E-state index in [4.69, 9.17) is 11.6 Å². The summed E-state index contributed by atoms with van der Waals surface area (Å²) in [7, 11) is 0. The standard InChI is InChI=1S/C13H16ClN3/c1-2-17-10-9-16-13(17)15-8-7-11-3-5-12(14)6-4-11/h3-6,9-10H,2,7-8H2,1H3,(H,15,16). The van der Waals surface area contributed by atoms with Crippen molar-refractivity contribution in [3.63, 3.8) is 0 Å². The Hall–Kier alpha value is -1.48. The maximum atomic E-state index is 5.84. The second-order valence-corrected chi connectivity index (χ2v) is 4.28. The molecule has 0 amide bonds. The van der Waals surface area contributed by atoms with E-state index in [1.165, 1.54) is 5.56 Å². The molecule has 0 unspecified atom stereocenters. The first kappa shape index (κ1) is 12.0. The van der Waals surface area contributed by atoms with Gasteiger partial charge in [0.15, 0.2) is 0 Å². The van der Waals surface area contributed by atoms with Gasteiger partial charge in [-0.25, -0.2) is 4.98 Å². The lowest BCUT2D eigenvalue weighted by atomic mass is 10.1. The molecule has 0 aliphatic carbocycles. The van der Waals surface area contributed by atoms with E-state index in [0.717, 1.165) is 30.5 Å². The lowest BCUT2D eigenvalue weighted by Crippen LogP contribution is -2.09. The summed E-state index contributed by atoms with van der Waals surface area (Å²) >= 11 is 5.84. The minimum Gasteiger partial charge on any atom is -0.355 e. The number of anilines is 1. The minimum atomic E-state index is 0.781. The zero-order valence-corrected chi connectivity index (χ0v) is 10.6. The van der Waals surface area contributed by atoms with E-state index in [9.17, 15) is 0 Å². The molecule has 0 aliphatic rings. The van der Waals surface area contributed by atoms with E-state index in [1.807, 2.05) is 24.5 Å². The fraction of sp³-hybridized carbons (Fsp3) is 0.308. The SMILES string of the molecule is CCn1ccnc1NCCc1ccc(Cl)cc1. The first-order valence-electron chi connectivity index (χ1n) is 5.79. The Morgan fingerprint density at radius 2 is 2.06 bits per heavy atom. The number of rotatable bonds is 5. The van der Waals surface area contributed by atoms with Crippen LogP contribution in [0.2, 0.25) is 5.02 Å². The number of hydrogen-bond acceptors (Lipinski definition) is 2. The highest BCUT2D eigenvalue weighted by atomic mass is 35.5. The largest absolute Gasteiger partial charge is 0.355 e. The average molecular weight is 250 g/mol. The number of halogens is 1. The summed E-state index contributed by atoms with van der Waals surface area (Å²) in [5.41, 5.74) is 1.27. The van der Waals surface area contributed by atoms with Gasteiger partial charge in [0, 0.05) is 30.5 Å². The van der Waals surface area contributed by atoms with E-state index in [1.54, 1.807) is 0 Å². The number of aromatic nitrogens is 2. The fourth-order valence-corrected chi connectivity index (χ4v) is 1.83. The van der Waals surface area contributed by atoms with Crippen LogP contribution >= 0.6 is 11.6 Å². The highest BCUT2D eigenvalue weighted by Crippen LogP contribution is 2.10. The average Bonchev–Trinajstić information content (AvgIpc) is 2.79. The molecular formula is C13H16ClN3. The number of imidazole rings is 1. The van der Waals surface area contributed by atoms with Gasteiger partial charge < -0.3 is 9.88 Å². The van der Waals surface area contributed by atoms with E-state index < -0.39 is 0 Å². The van der Waals surface area contributed by atoms with Gasteiger partial charge in [-0.05, 0) is 31.0 Å². The van der Waals surface area contributed by atoms with Gasteiger partial charge in [0.2, 0.25) is 5.95 Å². The predicted molar refractivity (Wildman–Crippen MR) is 71.5 cm³/mol. The van der Waals surface area contributed by atoms with Crippen LogP contribution in [0.1, 0.15) is 12.5 Å². The van der Waals surface area contributed by atoms with Crippen LogP contribution in [-0.2, 0) is 13.0 Å². The third-order valence-electron chi connectivity index (χ3n) is 2.67. The summed E-state index contributed by atoms with van der Waals surface area (Å²) in [5.74, 6) is 0.932. The molecule has 4 heteroatoms. The second-order valence-electron chi connectivity index (χ2n) is 3.84. The van der Waals surface area contributed by atoms with E-state index >= 15 is 0 Å². The molecular weight excluding hydrogens is 234 g/mol. The predicted octanol–water partition coefficient (Wildman–Crippen LogP) is 3.21. The summed E-state index contributed by atoms with van der Waals surface area (Å²) in [4.78, 5) is 4.26. The van der Waals surface area contributed by atoms with Gasteiger partial charge in [-0.3, -0.25) is 0 Å². The molecule has 0 saturated heterocycles. The van der Waals surface area contributed by atoms with Crippen molar-refractivity contribution in [1.82, 2.24) is 9.55 Å². The molecule has 1 aromatic carbocycles. The molecule has 0 bridgehead atoms. The second kappa shape index (κ2) is 5.73. The van der Waals surface area contributed by atoms with Crippen LogP contribution in [0, 0.1) is 0 Å². The molecule has 1 heterocycles. The molecule has 0 saturated carbocycles. The molecule has 17 heavy (non-hydrogen) atoms. The highest BCUT2D eigenvalue weighted by molar-refractivity contribution is 6.30. The molecule has 0 atom stereocenters. The Kier molecular flexibility index (Phi) is 4.04. The lowest BCUT2D eigenvalue weighted by molar-refractivity contribution is 0.762. The zero-order valence-electron chi connectivity index (χ0n) is 9.86. The van der Waals surface area contributed by atoms with E-state index in [-0.39, 0.29) is 0 Å². The third kappa shape index (κ3) is 3.24. The maximum absolute atomic E-state index is 5.84. The van der Waals surface area contributed by atoms with Crippen molar-refractivity contribution in [2.24, 2.45) is 0 Å². The molecule has 1 aromatic heterocycles. The molecule has 0 radical (unpaired) electrons. The molecule has 0 fully saturated rings.